The van der Waals surface area contributed by atoms with Gasteiger partial charge in [-0.15, -0.1) is 0 Å². The Morgan fingerprint density at radius 2 is 1.85 bits per heavy atom. The van der Waals surface area contributed by atoms with Gasteiger partial charge in [-0.2, -0.15) is 0 Å². The molecule has 9 heteroatoms. The predicted molar refractivity (Wildman–Crippen MR) is 122 cm³/mol. The number of anilines is 1. The second kappa shape index (κ2) is 8.61. The number of pyridine rings is 1. The Morgan fingerprint density at radius 3 is 2.39 bits per heavy atom. The van der Waals surface area contributed by atoms with Crippen LogP contribution in [-0.2, 0) is 4.74 Å². The molecule has 0 aromatic carbocycles. The van der Waals surface area contributed by atoms with Crippen molar-refractivity contribution in [3.05, 3.63) is 41.6 Å². The quantitative estimate of drug-likeness (QED) is 0.673. The van der Waals surface area contributed by atoms with Crippen molar-refractivity contribution in [3.63, 3.8) is 0 Å². The summed E-state index contributed by atoms with van der Waals surface area (Å²) in [7, 11) is 1.70. The Hall–Kier alpha value is -3.23. The molecule has 33 heavy (non-hydrogen) atoms. The molecule has 0 atom stereocenters. The Bertz CT molecular complexity index is 1040. The summed E-state index contributed by atoms with van der Waals surface area (Å²) in [5.74, 6) is 1.42. The first-order valence-electron chi connectivity index (χ1n) is 11.3. The lowest BCUT2D eigenvalue weighted by Gasteiger charge is -2.28. The molecule has 0 spiro atoms. The van der Waals surface area contributed by atoms with E-state index in [4.69, 9.17) is 9.47 Å². The van der Waals surface area contributed by atoms with Gasteiger partial charge in [0.25, 0.3) is 5.91 Å². The number of hydrogen-bond acceptors (Lipinski definition) is 7. The second-order valence-corrected chi connectivity index (χ2v) is 9.96. The highest BCUT2D eigenvalue weighted by molar-refractivity contribution is 6.04. The fourth-order valence-electron chi connectivity index (χ4n) is 3.42. The maximum Gasteiger partial charge on any atom is 0.410 e. The SMILES string of the molecule is Cc1nc(OC2(CN(C)C(=O)OC(C)(C)C)CC2)ccc1NC(=O)c1cnc(C2CC2)nc1. The van der Waals surface area contributed by atoms with Gasteiger partial charge in [0.15, 0.2) is 0 Å². The van der Waals surface area contributed by atoms with E-state index in [0.717, 1.165) is 31.5 Å². The minimum Gasteiger partial charge on any atom is -0.469 e. The molecule has 9 nitrogen and oxygen atoms in total. The number of aryl methyl sites for hydroxylation is 1. The monoisotopic (exact) mass is 453 g/mol. The van der Waals surface area contributed by atoms with E-state index in [9.17, 15) is 9.59 Å². The van der Waals surface area contributed by atoms with Gasteiger partial charge in [0.05, 0.1) is 23.5 Å². The van der Waals surface area contributed by atoms with Crippen LogP contribution in [0.25, 0.3) is 0 Å². The number of amides is 2. The molecule has 0 bridgehead atoms. The molecule has 0 saturated heterocycles. The van der Waals surface area contributed by atoms with E-state index in [2.05, 4.69) is 20.3 Å². The average molecular weight is 454 g/mol. The smallest absolute Gasteiger partial charge is 0.410 e. The lowest BCUT2D eigenvalue weighted by atomic mass is 10.2. The summed E-state index contributed by atoms with van der Waals surface area (Å²) in [6, 6.07) is 3.49. The normalized spacial score (nSPS) is 16.6. The molecule has 2 aromatic rings. The molecule has 2 fully saturated rings. The first kappa shape index (κ1) is 22.9. The molecule has 2 amide bonds. The zero-order valence-electron chi connectivity index (χ0n) is 19.8. The summed E-state index contributed by atoms with van der Waals surface area (Å²) in [5, 5.41) is 2.86. The van der Waals surface area contributed by atoms with E-state index in [1.165, 1.54) is 4.90 Å². The van der Waals surface area contributed by atoms with Crippen molar-refractivity contribution in [2.24, 2.45) is 0 Å². The van der Waals surface area contributed by atoms with E-state index >= 15 is 0 Å². The van der Waals surface area contributed by atoms with Crippen molar-refractivity contribution < 1.29 is 19.1 Å². The van der Waals surface area contributed by atoms with Gasteiger partial charge in [-0.1, -0.05) is 0 Å². The standard InChI is InChI=1S/C24H31N5O4/c1-15-18(28-21(30)17-12-25-20(26-13-17)16-6-7-16)8-9-19(27-15)32-24(10-11-24)14-29(5)22(31)33-23(2,3)4/h8-9,12-13,16H,6-7,10-11,14H2,1-5H3,(H,28,30). The highest BCUT2D eigenvalue weighted by atomic mass is 16.6. The third-order valence-corrected chi connectivity index (χ3v) is 5.54. The van der Waals surface area contributed by atoms with Crippen LogP contribution in [0.2, 0.25) is 0 Å². The largest absolute Gasteiger partial charge is 0.469 e. The molecular formula is C24H31N5O4. The van der Waals surface area contributed by atoms with Crippen LogP contribution in [0.5, 0.6) is 5.88 Å². The number of nitrogens with zero attached hydrogens (tertiary/aromatic N) is 4. The molecule has 2 aliphatic rings. The van der Waals surface area contributed by atoms with Crippen LogP contribution in [0.3, 0.4) is 0 Å². The van der Waals surface area contributed by atoms with Crippen LogP contribution in [0.4, 0.5) is 10.5 Å². The average Bonchev–Trinajstić information content (AvgIpc) is 3.65. The number of nitrogens with one attached hydrogen (secondary N) is 1. The lowest BCUT2D eigenvalue weighted by molar-refractivity contribution is 0.0199. The number of carbonyl (C=O) groups is 2. The molecule has 1 N–H and O–H groups in total. The van der Waals surface area contributed by atoms with Gasteiger partial charge in [0.1, 0.15) is 17.0 Å². The van der Waals surface area contributed by atoms with Crippen molar-refractivity contribution in [3.8, 4) is 5.88 Å². The van der Waals surface area contributed by atoms with Crippen LogP contribution in [0.15, 0.2) is 24.5 Å². The lowest BCUT2D eigenvalue weighted by Crippen LogP contribution is -2.41. The molecule has 2 saturated carbocycles. The molecule has 4 rings (SSSR count). The first-order valence-corrected chi connectivity index (χ1v) is 11.3. The molecule has 0 radical (unpaired) electrons. The van der Waals surface area contributed by atoms with Gasteiger partial charge < -0.3 is 19.7 Å². The van der Waals surface area contributed by atoms with Gasteiger partial charge in [-0.3, -0.25) is 4.79 Å². The number of carbonyl (C=O) groups excluding carboxylic acids is 2. The highest BCUT2D eigenvalue weighted by Crippen LogP contribution is 2.41. The van der Waals surface area contributed by atoms with Crippen LogP contribution in [-0.4, -0.2) is 56.6 Å². The molecule has 2 heterocycles. The summed E-state index contributed by atoms with van der Waals surface area (Å²) in [4.78, 5) is 39.5. The van der Waals surface area contributed by atoms with Crippen molar-refractivity contribution >= 4 is 17.7 Å². The predicted octanol–water partition coefficient (Wildman–Crippen LogP) is 4.09. The van der Waals surface area contributed by atoms with Gasteiger partial charge in [-0.25, -0.2) is 19.7 Å². The van der Waals surface area contributed by atoms with E-state index in [1.807, 2.05) is 27.7 Å². The van der Waals surface area contributed by atoms with E-state index < -0.39 is 11.2 Å². The fraction of sp³-hybridized carbons (Fsp3) is 0.542. The van der Waals surface area contributed by atoms with Crippen molar-refractivity contribution in [1.82, 2.24) is 19.9 Å². The van der Waals surface area contributed by atoms with Crippen LogP contribution >= 0.6 is 0 Å². The Morgan fingerprint density at radius 1 is 1.18 bits per heavy atom. The minimum atomic E-state index is -0.548. The van der Waals surface area contributed by atoms with Crippen LogP contribution in [0.1, 0.15) is 74.2 Å². The van der Waals surface area contributed by atoms with Gasteiger partial charge in [0.2, 0.25) is 5.88 Å². The first-order chi connectivity index (χ1) is 15.5. The van der Waals surface area contributed by atoms with Crippen molar-refractivity contribution in [2.45, 2.75) is 70.5 Å². The van der Waals surface area contributed by atoms with Gasteiger partial charge in [0, 0.05) is 31.4 Å². The maximum atomic E-state index is 12.6. The van der Waals surface area contributed by atoms with Gasteiger partial charge >= 0.3 is 6.09 Å². The maximum absolute atomic E-state index is 12.6. The number of likely N-dealkylation sites (N-methyl/N-ethyl adjacent to an activating group) is 1. The molecule has 176 valence electrons. The zero-order chi connectivity index (χ0) is 23.8. The van der Waals surface area contributed by atoms with Crippen LogP contribution in [0, 0.1) is 6.92 Å². The van der Waals surface area contributed by atoms with E-state index in [1.54, 1.807) is 31.6 Å². The summed E-state index contributed by atoms with van der Waals surface area (Å²) in [6.45, 7) is 7.74. The molecule has 2 aliphatic carbocycles. The molecule has 2 aromatic heterocycles. The zero-order valence-corrected chi connectivity index (χ0v) is 19.8. The number of hydrogen-bond donors (Lipinski definition) is 1. The second-order valence-electron chi connectivity index (χ2n) is 9.96. The molecule has 0 aliphatic heterocycles. The summed E-state index contributed by atoms with van der Waals surface area (Å²) in [5.41, 5.74) is 0.618. The fourth-order valence-corrected chi connectivity index (χ4v) is 3.42. The Kier molecular flexibility index (Phi) is 5.99. The molecular weight excluding hydrogens is 422 g/mol. The topological polar surface area (TPSA) is 107 Å². The number of aromatic nitrogens is 3. The molecule has 0 unspecified atom stereocenters. The van der Waals surface area contributed by atoms with Gasteiger partial charge in [-0.05, 0) is 59.4 Å². The number of ether oxygens (including phenoxy) is 2. The summed E-state index contributed by atoms with van der Waals surface area (Å²) >= 11 is 0. The van der Waals surface area contributed by atoms with Crippen LogP contribution < -0.4 is 10.1 Å². The summed E-state index contributed by atoms with van der Waals surface area (Å²) in [6.07, 6.45) is 6.63. The third kappa shape index (κ3) is 5.97. The van der Waals surface area contributed by atoms with Crippen molar-refractivity contribution in [1.29, 1.82) is 0 Å². The number of rotatable bonds is 7. The Labute approximate surface area is 193 Å². The minimum absolute atomic E-state index is 0.284. The van der Waals surface area contributed by atoms with E-state index in [-0.39, 0.29) is 12.0 Å². The summed E-state index contributed by atoms with van der Waals surface area (Å²) < 4.78 is 11.6. The third-order valence-electron chi connectivity index (χ3n) is 5.54. The van der Waals surface area contributed by atoms with Crippen molar-refractivity contribution in [2.75, 3.05) is 18.9 Å². The Balaban J connectivity index is 1.35. The highest BCUT2D eigenvalue weighted by Gasteiger charge is 2.48. The van der Waals surface area contributed by atoms with E-state index in [0.29, 0.717) is 35.3 Å².